The molecule has 0 saturated heterocycles. The van der Waals surface area contributed by atoms with Gasteiger partial charge >= 0.3 is 0 Å². The first kappa shape index (κ1) is 19.8. The summed E-state index contributed by atoms with van der Waals surface area (Å²) in [5.74, 6) is 1.83. The molecule has 0 saturated carbocycles. The van der Waals surface area contributed by atoms with E-state index in [1.165, 1.54) is 17.8 Å². The fourth-order valence-electron chi connectivity index (χ4n) is 3.69. The number of rotatable bonds is 4. The number of anilines is 1. The van der Waals surface area contributed by atoms with Crippen molar-refractivity contribution in [3.8, 4) is 28.6 Å². The maximum atomic E-state index is 14.0. The van der Waals surface area contributed by atoms with Crippen LogP contribution in [0.1, 0.15) is 17.4 Å². The number of fused-ring (bicyclic) bond motifs is 4. The van der Waals surface area contributed by atoms with Gasteiger partial charge in [0.1, 0.15) is 5.82 Å². The van der Waals surface area contributed by atoms with E-state index in [-0.39, 0.29) is 12.6 Å². The van der Waals surface area contributed by atoms with Gasteiger partial charge in [0.15, 0.2) is 23.4 Å². The summed E-state index contributed by atoms with van der Waals surface area (Å²) in [5, 5.41) is 12.5. The van der Waals surface area contributed by atoms with Crippen molar-refractivity contribution in [1.82, 2.24) is 15.2 Å². The third-order valence-electron chi connectivity index (χ3n) is 5.35. The lowest BCUT2D eigenvalue weighted by molar-refractivity contribution is 0.173. The summed E-state index contributed by atoms with van der Waals surface area (Å²) in [5.41, 5.74) is 3.65. The number of nitrogens with zero attached hydrogens (tertiary/aromatic N) is 3. The van der Waals surface area contributed by atoms with E-state index in [1.807, 2.05) is 42.5 Å². The van der Waals surface area contributed by atoms with Gasteiger partial charge in [-0.05, 0) is 35.9 Å². The molecule has 6 rings (SSSR count). The smallest absolute Gasteiger partial charge is 0.247 e. The van der Waals surface area contributed by atoms with Gasteiger partial charge in [-0.15, -0.1) is 10.2 Å². The monoisotopic (exact) mass is 460 g/mol. The van der Waals surface area contributed by atoms with E-state index in [0.717, 1.165) is 16.8 Å². The highest BCUT2D eigenvalue weighted by Gasteiger charge is 2.27. The van der Waals surface area contributed by atoms with Crippen LogP contribution in [0.25, 0.3) is 11.3 Å². The summed E-state index contributed by atoms with van der Waals surface area (Å²) in [7, 11) is 0. The fraction of sp³-hybridized carbons (Fsp3) is 0.125. The van der Waals surface area contributed by atoms with Crippen molar-refractivity contribution in [3.05, 3.63) is 83.7 Å². The zero-order valence-electron chi connectivity index (χ0n) is 17.2. The molecule has 0 fully saturated rings. The van der Waals surface area contributed by atoms with E-state index in [4.69, 9.17) is 14.2 Å². The third-order valence-corrected chi connectivity index (χ3v) is 6.23. The van der Waals surface area contributed by atoms with Crippen LogP contribution in [0.5, 0.6) is 17.4 Å². The number of para-hydroxylation sites is 1. The van der Waals surface area contributed by atoms with Gasteiger partial charge in [0.2, 0.25) is 17.8 Å². The fourth-order valence-corrected chi connectivity index (χ4v) is 4.46. The molecule has 3 heterocycles. The maximum absolute atomic E-state index is 14.0. The van der Waals surface area contributed by atoms with Gasteiger partial charge in [-0.1, -0.05) is 48.2 Å². The summed E-state index contributed by atoms with van der Waals surface area (Å²) in [6.07, 6.45) is -0.539. The zero-order valence-corrected chi connectivity index (χ0v) is 18.0. The van der Waals surface area contributed by atoms with Crippen LogP contribution >= 0.6 is 11.8 Å². The molecule has 0 bridgehead atoms. The molecule has 2 aliphatic rings. The van der Waals surface area contributed by atoms with Crippen molar-refractivity contribution in [3.63, 3.8) is 0 Å². The standard InChI is InChI=1S/C24H17FN4O3S/c25-17-7-3-1-5-15(17)12-33-24-27-23-21(28-29-24)16-6-2-4-8-18(16)26-22(32-23)14-9-10-19-20(11-14)31-13-30-19/h1-11,22,26H,12-13H2/t22-/m1/s1. The highest BCUT2D eigenvalue weighted by molar-refractivity contribution is 7.98. The number of aromatic nitrogens is 3. The molecule has 1 aromatic heterocycles. The first-order valence-corrected chi connectivity index (χ1v) is 11.3. The summed E-state index contributed by atoms with van der Waals surface area (Å²) in [6.45, 7) is 0.198. The molecule has 4 aromatic rings. The molecule has 1 atom stereocenters. The molecule has 164 valence electrons. The minimum atomic E-state index is -0.539. The molecular weight excluding hydrogens is 443 g/mol. The van der Waals surface area contributed by atoms with E-state index >= 15 is 0 Å². The van der Waals surface area contributed by atoms with E-state index in [2.05, 4.69) is 20.5 Å². The van der Waals surface area contributed by atoms with Crippen LogP contribution in [0.4, 0.5) is 10.1 Å². The van der Waals surface area contributed by atoms with Gasteiger partial charge < -0.3 is 19.5 Å². The van der Waals surface area contributed by atoms with Crippen molar-refractivity contribution >= 4 is 17.4 Å². The number of nitrogens with one attached hydrogen (secondary N) is 1. The lowest BCUT2D eigenvalue weighted by atomic mass is 10.1. The summed E-state index contributed by atoms with van der Waals surface area (Å²) in [6, 6.07) is 20.1. The number of thioether (sulfide) groups is 1. The molecule has 0 aliphatic carbocycles. The Balaban J connectivity index is 1.35. The van der Waals surface area contributed by atoms with Crippen molar-refractivity contribution in [2.24, 2.45) is 0 Å². The maximum Gasteiger partial charge on any atom is 0.247 e. The molecule has 0 spiro atoms. The van der Waals surface area contributed by atoms with Crippen molar-refractivity contribution in [2.45, 2.75) is 17.1 Å². The molecule has 1 N–H and O–H groups in total. The molecular formula is C24H17FN4O3S. The van der Waals surface area contributed by atoms with Gasteiger partial charge in [0.25, 0.3) is 0 Å². The number of ether oxygens (including phenoxy) is 3. The van der Waals surface area contributed by atoms with Crippen LogP contribution in [0.2, 0.25) is 0 Å². The summed E-state index contributed by atoms with van der Waals surface area (Å²) in [4.78, 5) is 4.61. The van der Waals surface area contributed by atoms with Crippen molar-refractivity contribution < 1.29 is 18.6 Å². The highest BCUT2D eigenvalue weighted by Crippen LogP contribution is 2.41. The van der Waals surface area contributed by atoms with E-state index < -0.39 is 6.23 Å². The lowest BCUT2D eigenvalue weighted by Gasteiger charge is -2.19. The molecule has 3 aromatic carbocycles. The van der Waals surface area contributed by atoms with Gasteiger partial charge in [-0.3, -0.25) is 0 Å². The number of halogens is 1. The quantitative estimate of drug-likeness (QED) is 0.416. The van der Waals surface area contributed by atoms with Crippen LogP contribution in [0, 0.1) is 5.82 Å². The van der Waals surface area contributed by atoms with E-state index in [1.54, 1.807) is 18.2 Å². The Bertz CT molecular complexity index is 1350. The number of benzene rings is 3. The molecule has 33 heavy (non-hydrogen) atoms. The van der Waals surface area contributed by atoms with Gasteiger partial charge in [0.05, 0.1) is 0 Å². The molecule has 2 aliphatic heterocycles. The predicted molar refractivity (Wildman–Crippen MR) is 121 cm³/mol. The van der Waals surface area contributed by atoms with Gasteiger partial charge in [-0.25, -0.2) is 4.39 Å². The highest BCUT2D eigenvalue weighted by atomic mass is 32.2. The lowest BCUT2D eigenvalue weighted by Crippen LogP contribution is -2.17. The minimum Gasteiger partial charge on any atom is -0.454 e. The zero-order chi connectivity index (χ0) is 22.2. The Kier molecular flexibility index (Phi) is 4.95. The van der Waals surface area contributed by atoms with Crippen LogP contribution in [0.3, 0.4) is 0 Å². The largest absolute Gasteiger partial charge is 0.454 e. The van der Waals surface area contributed by atoms with Gasteiger partial charge in [-0.2, -0.15) is 4.98 Å². The Labute approximate surface area is 192 Å². The number of hydrogen-bond donors (Lipinski definition) is 1. The third kappa shape index (κ3) is 3.80. The van der Waals surface area contributed by atoms with E-state index in [9.17, 15) is 4.39 Å². The molecule has 0 unspecified atom stereocenters. The Hall–Kier alpha value is -3.85. The topological polar surface area (TPSA) is 78.4 Å². The second kappa shape index (κ2) is 8.25. The average Bonchev–Trinajstić information content (AvgIpc) is 3.25. The molecule has 0 radical (unpaired) electrons. The normalized spacial score (nSPS) is 15.6. The number of hydrogen-bond acceptors (Lipinski definition) is 8. The SMILES string of the molecule is Fc1ccccc1CSc1nnc2c(n1)O[C@H](c1ccc3c(c1)OCO3)Nc1ccccc1-2. The molecule has 7 nitrogen and oxygen atoms in total. The van der Waals surface area contributed by atoms with Crippen molar-refractivity contribution in [1.29, 1.82) is 0 Å². The van der Waals surface area contributed by atoms with Crippen LogP contribution in [-0.2, 0) is 5.75 Å². The first-order chi connectivity index (χ1) is 16.2. The molecule has 0 amide bonds. The van der Waals surface area contributed by atoms with E-state index in [0.29, 0.717) is 39.5 Å². The Morgan fingerprint density at radius 3 is 2.76 bits per heavy atom. The van der Waals surface area contributed by atoms with Crippen molar-refractivity contribution in [2.75, 3.05) is 12.1 Å². The summed E-state index contributed by atoms with van der Waals surface area (Å²) < 4.78 is 31.2. The second-order valence-electron chi connectivity index (χ2n) is 7.43. The van der Waals surface area contributed by atoms with Crippen LogP contribution in [-0.4, -0.2) is 22.0 Å². The van der Waals surface area contributed by atoms with Crippen LogP contribution < -0.4 is 19.5 Å². The summed E-state index contributed by atoms with van der Waals surface area (Å²) >= 11 is 1.30. The van der Waals surface area contributed by atoms with Crippen LogP contribution in [0.15, 0.2) is 71.9 Å². The average molecular weight is 460 g/mol. The Morgan fingerprint density at radius 1 is 0.970 bits per heavy atom. The van der Waals surface area contributed by atoms with Gasteiger partial charge in [0, 0.05) is 22.6 Å². The minimum absolute atomic E-state index is 0.198. The second-order valence-corrected chi connectivity index (χ2v) is 8.37. The Morgan fingerprint density at radius 2 is 1.82 bits per heavy atom. The molecule has 9 heteroatoms. The first-order valence-electron chi connectivity index (χ1n) is 10.3. The predicted octanol–water partition coefficient (Wildman–Crippen LogP) is 5.20.